The SMILES string of the molecule is Cc1cc2c(n1C(C)CCCC(C)C)CCCC2O. The summed E-state index contributed by atoms with van der Waals surface area (Å²) in [5.74, 6) is 0.800. The summed E-state index contributed by atoms with van der Waals surface area (Å²) in [6.07, 6.45) is 6.81. The van der Waals surface area contributed by atoms with Crippen molar-refractivity contribution in [1.82, 2.24) is 4.57 Å². The Hall–Kier alpha value is -0.760. The van der Waals surface area contributed by atoms with Gasteiger partial charge in [0, 0.05) is 23.0 Å². The van der Waals surface area contributed by atoms with E-state index in [0.717, 1.165) is 25.2 Å². The predicted molar refractivity (Wildman–Crippen MR) is 80.5 cm³/mol. The van der Waals surface area contributed by atoms with E-state index in [4.69, 9.17) is 0 Å². The molecular formula is C17H29NO. The summed E-state index contributed by atoms with van der Waals surface area (Å²) in [4.78, 5) is 0. The van der Waals surface area contributed by atoms with Crippen molar-refractivity contribution in [2.75, 3.05) is 0 Å². The molecule has 0 radical (unpaired) electrons. The maximum Gasteiger partial charge on any atom is 0.0807 e. The molecule has 1 aliphatic carbocycles. The maximum absolute atomic E-state index is 10.1. The number of aliphatic hydroxyl groups is 1. The molecule has 0 saturated heterocycles. The van der Waals surface area contributed by atoms with E-state index >= 15 is 0 Å². The molecule has 2 nitrogen and oxygen atoms in total. The first-order valence-electron chi connectivity index (χ1n) is 7.89. The third kappa shape index (κ3) is 3.22. The molecule has 2 atom stereocenters. The molecule has 19 heavy (non-hydrogen) atoms. The van der Waals surface area contributed by atoms with Crippen LogP contribution in [0.2, 0.25) is 0 Å². The van der Waals surface area contributed by atoms with Gasteiger partial charge >= 0.3 is 0 Å². The molecular weight excluding hydrogens is 234 g/mol. The van der Waals surface area contributed by atoms with E-state index < -0.39 is 0 Å². The number of aromatic nitrogens is 1. The van der Waals surface area contributed by atoms with E-state index in [1.54, 1.807) is 0 Å². The highest BCUT2D eigenvalue weighted by atomic mass is 16.3. The number of hydrogen-bond acceptors (Lipinski definition) is 1. The number of hydrogen-bond donors (Lipinski definition) is 1. The summed E-state index contributed by atoms with van der Waals surface area (Å²) in [7, 11) is 0. The first-order valence-corrected chi connectivity index (χ1v) is 7.89. The van der Waals surface area contributed by atoms with Gasteiger partial charge in [0.25, 0.3) is 0 Å². The molecule has 2 heteroatoms. The first kappa shape index (κ1) is 14.6. The first-order chi connectivity index (χ1) is 9.00. The Morgan fingerprint density at radius 1 is 1.32 bits per heavy atom. The lowest BCUT2D eigenvalue weighted by Gasteiger charge is -2.24. The second-order valence-corrected chi connectivity index (χ2v) is 6.64. The van der Waals surface area contributed by atoms with Gasteiger partial charge in [-0.1, -0.05) is 26.7 Å². The van der Waals surface area contributed by atoms with Gasteiger partial charge in [0.15, 0.2) is 0 Å². The second kappa shape index (κ2) is 6.13. The molecule has 0 aromatic carbocycles. The van der Waals surface area contributed by atoms with E-state index in [1.807, 2.05) is 0 Å². The Labute approximate surface area is 117 Å². The summed E-state index contributed by atoms with van der Waals surface area (Å²) in [6, 6.07) is 2.77. The van der Waals surface area contributed by atoms with Gasteiger partial charge in [0.05, 0.1) is 6.10 Å². The Morgan fingerprint density at radius 3 is 2.74 bits per heavy atom. The van der Waals surface area contributed by atoms with Gasteiger partial charge in [-0.25, -0.2) is 0 Å². The summed E-state index contributed by atoms with van der Waals surface area (Å²) in [5.41, 5.74) is 3.91. The summed E-state index contributed by atoms with van der Waals surface area (Å²) in [6.45, 7) is 9.10. The smallest absolute Gasteiger partial charge is 0.0807 e. The average molecular weight is 263 g/mol. The zero-order chi connectivity index (χ0) is 14.0. The van der Waals surface area contributed by atoms with Gasteiger partial charge in [-0.3, -0.25) is 0 Å². The monoisotopic (exact) mass is 263 g/mol. The molecule has 1 N–H and O–H groups in total. The van der Waals surface area contributed by atoms with Crippen LogP contribution in [0.15, 0.2) is 6.07 Å². The minimum absolute atomic E-state index is 0.230. The Balaban J connectivity index is 2.11. The van der Waals surface area contributed by atoms with Gasteiger partial charge in [-0.05, 0) is 51.5 Å². The molecule has 0 spiro atoms. The molecule has 108 valence electrons. The van der Waals surface area contributed by atoms with Crippen LogP contribution in [0.25, 0.3) is 0 Å². The van der Waals surface area contributed by atoms with Crippen LogP contribution in [0.1, 0.15) is 82.0 Å². The van der Waals surface area contributed by atoms with Crippen molar-refractivity contribution in [2.24, 2.45) is 5.92 Å². The van der Waals surface area contributed by atoms with Crippen molar-refractivity contribution >= 4 is 0 Å². The van der Waals surface area contributed by atoms with Gasteiger partial charge in [0.1, 0.15) is 0 Å². The quantitative estimate of drug-likeness (QED) is 0.828. The third-order valence-electron chi connectivity index (χ3n) is 4.46. The number of nitrogens with zero attached hydrogens (tertiary/aromatic N) is 1. The highest BCUT2D eigenvalue weighted by Gasteiger charge is 2.24. The fourth-order valence-electron chi connectivity index (χ4n) is 3.47. The van der Waals surface area contributed by atoms with E-state index in [1.165, 1.54) is 36.2 Å². The van der Waals surface area contributed by atoms with Crippen LogP contribution in [0, 0.1) is 12.8 Å². The van der Waals surface area contributed by atoms with Crippen LogP contribution in [-0.4, -0.2) is 9.67 Å². The third-order valence-corrected chi connectivity index (χ3v) is 4.46. The van der Waals surface area contributed by atoms with Gasteiger partial charge in [-0.15, -0.1) is 0 Å². The zero-order valence-corrected chi connectivity index (χ0v) is 12.9. The largest absolute Gasteiger partial charge is 0.388 e. The summed E-state index contributed by atoms with van der Waals surface area (Å²) in [5, 5.41) is 10.1. The Bertz CT molecular complexity index is 419. The topological polar surface area (TPSA) is 25.2 Å². The highest BCUT2D eigenvalue weighted by Crippen LogP contribution is 2.35. The minimum Gasteiger partial charge on any atom is -0.388 e. The van der Waals surface area contributed by atoms with Gasteiger partial charge in [-0.2, -0.15) is 0 Å². The van der Waals surface area contributed by atoms with Crippen LogP contribution < -0.4 is 0 Å². The van der Waals surface area contributed by atoms with Crippen molar-refractivity contribution in [3.63, 3.8) is 0 Å². The number of aryl methyl sites for hydroxylation is 1. The normalized spacial score (nSPS) is 20.6. The lowest BCUT2D eigenvalue weighted by Crippen LogP contribution is -2.15. The van der Waals surface area contributed by atoms with E-state index in [9.17, 15) is 5.11 Å². The predicted octanol–water partition coefficient (Wildman–Crippen LogP) is 4.55. The van der Waals surface area contributed by atoms with Crippen LogP contribution in [0.3, 0.4) is 0 Å². The van der Waals surface area contributed by atoms with E-state index in [-0.39, 0.29) is 6.10 Å². The van der Waals surface area contributed by atoms with Crippen LogP contribution >= 0.6 is 0 Å². The molecule has 0 fully saturated rings. The van der Waals surface area contributed by atoms with Gasteiger partial charge in [0.2, 0.25) is 0 Å². The lowest BCUT2D eigenvalue weighted by atomic mass is 9.95. The number of aliphatic hydroxyl groups excluding tert-OH is 1. The molecule has 0 saturated carbocycles. The fraction of sp³-hybridized carbons (Fsp3) is 0.765. The zero-order valence-electron chi connectivity index (χ0n) is 12.9. The standard InChI is InChI=1S/C17H29NO/c1-12(2)7-5-8-13(3)18-14(4)11-15-16(18)9-6-10-17(15)19/h11-13,17,19H,5-10H2,1-4H3. The van der Waals surface area contributed by atoms with E-state index in [0.29, 0.717) is 6.04 Å². The summed E-state index contributed by atoms with van der Waals surface area (Å²) >= 11 is 0. The van der Waals surface area contributed by atoms with Crippen LogP contribution in [-0.2, 0) is 6.42 Å². The van der Waals surface area contributed by atoms with Crippen LogP contribution in [0.4, 0.5) is 0 Å². The number of rotatable bonds is 5. The van der Waals surface area contributed by atoms with Crippen LogP contribution in [0.5, 0.6) is 0 Å². The molecule has 2 unspecified atom stereocenters. The Morgan fingerprint density at radius 2 is 2.05 bits per heavy atom. The lowest BCUT2D eigenvalue weighted by molar-refractivity contribution is 0.155. The molecule has 0 amide bonds. The highest BCUT2D eigenvalue weighted by molar-refractivity contribution is 5.32. The Kier molecular flexibility index (Phi) is 4.72. The average Bonchev–Trinajstić information content (AvgIpc) is 2.66. The maximum atomic E-state index is 10.1. The van der Waals surface area contributed by atoms with Crippen molar-refractivity contribution in [3.8, 4) is 0 Å². The van der Waals surface area contributed by atoms with Crippen molar-refractivity contribution in [1.29, 1.82) is 0 Å². The molecule has 1 aliphatic rings. The van der Waals surface area contributed by atoms with Gasteiger partial charge < -0.3 is 9.67 Å². The molecule has 1 heterocycles. The molecule has 2 rings (SSSR count). The number of fused-ring (bicyclic) bond motifs is 1. The fourth-order valence-corrected chi connectivity index (χ4v) is 3.47. The second-order valence-electron chi connectivity index (χ2n) is 6.64. The molecule has 1 aromatic heterocycles. The van der Waals surface area contributed by atoms with Crippen molar-refractivity contribution in [3.05, 3.63) is 23.0 Å². The van der Waals surface area contributed by atoms with E-state index in [2.05, 4.69) is 38.3 Å². The van der Waals surface area contributed by atoms with Crippen molar-refractivity contribution in [2.45, 2.75) is 78.4 Å². The van der Waals surface area contributed by atoms with Crippen molar-refractivity contribution < 1.29 is 5.11 Å². The molecule has 0 bridgehead atoms. The molecule has 1 aromatic rings. The summed E-state index contributed by atoms with van der Waals surface area (Å²) < 4.78 is 2.48. The molecule has 0 aliphatic heterocycles. The minimum atomic E-state index is -0.230.